The maximum absolute atomic E-state index is 12.4. The van der Waals surface area contributed by atoms with E-state index in [0.29, 0.717) is 12.6 Å². The van der Waals surface area contributed by atoms with Crippen LogP contribution in [0.5, 0.6) is 6.01 Å². The van der Waals surface area contributed by atoms with E-state index in [1.54, 1.807) is 12.4 Å². The van der Waals surface area contributed by atoms with E-state index in [4.69, 9.17) is 9.47 Å². The van der Waals surface area contributed by atoms with Crippen molar-refractivity contribution in [2.75, 3.05) is 26.3 Å². The van der Waals surface area contributed by atoms with Gasteiger partial charge in [0.15, 0.2) is 0 Å². The molecule has 7 nitrogen and oxygen atoms in total. The molecule has 2 fully saturated rings. The van der Waals surface area contributed by atoms with E-state index in [1.807, 2.05) is 4.90 Å². The Hall–Kier alpha value is -1.89. The minimum atomic E-state index is -0.0494. The number of nitrogens with one attached hydrogen (secondary N) is 1. The van der Waals surface area contributed by atoms with Crippen LogP contribution in [0.25, 0.3) is 0 Å². The van der Waals surface area contributed by atoms with Gasteiger partial charge in [-0.15, -0.1) is 0 Å². The Bertz CT molecular complexity index is 531. The van der Waals surface area contributed by atoms with E-state index >= 15 is 0 Å². The predicted octanol–water partition coefficient (Wildman–Crippen LogP) is 1.77. The molecule has 2 amide bonds. The van der Waals surface area contributed by atoms with E-state index in [-0.39, 0.29) is 18.2 Å². The molecule has 1 aromatic rings. The van der Waals surface area contributed by atoms with Gasteiger partial charge in [-0.3, -0.25) is 0 Å². The average Bonchev–Trinajstić information content (AvgIpc) is 2.63. The lowest BCUT2D eigenvalue weighted by Gasteiger charge is -2.34. The molecule has 0 aromatic carbocycles. The molecule has 1 aromatic heterocycles. The molecule has 0 saturated carbocycles. The van der Waals surface area contributed by atoms with Crippen LogP contribution < -0.4 is 10.1 Å². The summed E-state index contributed by atoms with van der Waals surface area (Å²) in [6, 6.07) is 0.610. The number of rotatable bonds is 4. The van der Waals surface area contributed by atoms with Gasteiger partial charge in [0.05, 0.1) is 6.54 Å². The van der Waals surface area contributed by atoms with Crippen molar-refractivity contribution < 1.29 is 14.3 Å². The summed E-state index contributed by atoms with van der Waals surface area (Å²) < 4.78 is 11.2. The predicted molar refractivity (Wildman–Crippen MR) is 89.0 cm³/mol. The average molecular weight is 334 g/mol. The number of likely N-dealkylation sites (tertiary alicyclic amines) is 1. The van der Waals surface area contributed by atoms with Crippen molar-refractivity contribution in [2.24, 2.45) is 0 Å². The summed E-state index contributed by atoms with van der Waals surface area (Å²) in [4.78, 5) is 22.8. The molecule has 2 aliphatic rings. The van der Waals surface area contributed by atoms with Crippen LogP contribution >= 0.6 is 0 Å². The number of hydrogen-bond donors (Lipinski definition) is 1. The lowest BCUT2D eigenvalue weighted by Crippen LogP contribution is -2.51. The fraction of sp³-hybridized carbons (Fsp3) is 0.706. The molecular formula is C17H26N4O3. The lowest BCUT2D eigenvalue weighted by atomic mass is 10.1. The van der Waals surface area contributed by atoms with E-state index in [9.17, 15) is 4.79 Å². The molecule has 1 atom stereocenters. The summed E-state index contributed by atoms with van der Waals surface area (Å²) in [5.74, 6) is 0. The smallest absolute Gasteiger partial charge is 0.317 e. The van der Waals surface area contributed by atoms with Gasteiger partial charge in [0.1, 0.15) is 6.10 Å². The molecule has 1 N–H and O–H groups in total. The second-order valence-corrected chi connectivity index (χ2v) is 6.39. The molecule has 0 spiro atoms. The van der Waals surface area contributed by atoms with Gasteiger partial charge in [-0.1, -0.05) is 6.92 Å². The summed E-state index contributed by atoms with van der Waals surface area (Å²) in [5, 5.41) is 3.11. The molecule has 0 aliphatic carbocycles. The number of piperidine rings is 1. The highest BCUT2D eigenvalue weighted by molar-refractivity contribution is 5.74. The number of ether oxygens (including phenoxy) is 2. The van der Waals surface area contributed by atoms with Crippen LogP contribution in [0, 0.1) is 0 Å². The first-order valence-electron chi connectivity index (χ1n) is 8.85. The standard InChI is InChI=1S/C17H26N4O3/c1-2-13-10-18-16(19-11-13)24-15-4-3-7-21(12-15)17(22)20-14-5-8-23-9-6-14/h10-11,14-15H,2-9,12H2,1H3,(H,20,22). The highest BCUT2D eigenvalue weighted by Crippen LogP contribution is 2.16. The van der Waals surface area contributed by atoms with Crippen LogP contribution in [0.15, 0.2) is 12.4 Å². The highest BCUT2D eigenvalue weighted by atomic mass is 16.5. The fourth-order valence-corrected chi connectivity index (χ4v) is 3.06. The van der Waals surface area contributed by atoms with Crippen LogP contribution in [0.4, 0.5) is 4.79 Å². The van der Waals surface area contributed by atoms with E-state index in [0.717, 1.165) is 57.4 Å². The number of carbonyl (C=O) groups excluding carboxylic acids is 1. The van der Waals surface area contributed by atoms with E-state index in [1.165, 1.54) is 0 Å². The van der Waals surface area contributed by atoms with E-state index in [2.05, 4.69) is 22.2 Å². The Morgan fingerprint density at radius 1 is 1.33 bits per heavy atom. The van der Waals surface area contributed by atoms with Crippen LogP contribution in [0.3, 0.4) is 0 Å². The lowest BCUT2D eigenvalue weighted by molar-refractivity contribution is 0.0710. The van der Waals surface area contributed by atoms with Gasteiger partial charge in [0.25, 0.3) is 0 Å². The zero-order chi connectivity index (χ0) is 16.8. The summed E-state index contributed by atoms with van der Waals surface area (Å²) in [6.45, 7) is 4.86. The molecular weight excluding hydrogens is 308 g/mol. The number of carbonyl (C=O) groups is 1. The Labute approximate surface area is 142 Å². The Balaban J connectivity index is 1.50. The zero-order valence-corrected chi connectivity index (χ0v) is 14.2. The van der Waals surface area contributed by atoms with Gasteiger partial charge in [0.2, 0.25) is 0 Å². The number of aromatic nitrogens is 2. The summed E-state index contributed by atoms with van der Waals surface area (Å²) in [7, 11) is 0. The highest BCUT2D eigenvalue weighted by Gasteiger charge is 2.27. The van der Waals surface area contributed by atoms with Gasteiger partial charge < -0.3 is 19.7 Å². The second kappa shape index (κ2) is 8.28. The third-order valence-electron chi connectivity index (χ3n) is 4.58. The maximum Gasteiger partial charge on any atom is 0.317 e. The van der Waals surface area contributed by atoms with Crippen LogP contribution in [0.1, 0.15) is 38.2 Å². The summed E-state index contributed by atoms with van der Waals surface area (Å²) in [6.07, 6.45) is 8.06. The topological polar surface area (TPSA) is 76.6 Å². The zero-order valence-electron chi connectivity index (χ0n) is 14.2. The molecule has 24 heavy (non-hydrogen) atoms. The van der Waals surface area contributed by atoms with Crippen molar-refractivity contribution in [1.29, 1.82) is 0 Å². The third-order valence-corrected chi connectivity index (χ3v) is 4.58. The Morgan fingerprint density at radius 3 is 2.79 bits per heavy atom. The minimum Gasteiger partial charge on any atom is -0.458 e. The number of nitrogens with zero attached hydrogens (tertiary/aromatic N) is 3. The van der Waals surface area contributed by atoms with Gasteiger partial charge in [-0.25, -0.2) is 14.8 Å². The molecule has 132 valence electrons. The molecule has 1 unspecified atom stereocenters. The molecule has 0 bridgehead atoms. The Kier molecular flexibility index (Phi) is 5.85. The van der Waals surface area contributed by atoms with Crippen LogP contribution in [0.2, 0.25) is 0 Å². The van der Waals surface area contributed by atoms with Crippen molar-refractivity contribution in [3.05, 3.63) is 18.0 Å². The number of hydrogen-bond acceptors (Lipinski definition) is 5. The quantitative estimate of drug-likeness (QED) is 0.908. The monoisotopic (exact) mass is 334 g/mol. The summed E-state index contributed by atoms with van der Waals surface area (Å²) >= 11 is 0. The van der Waals surface area contributed by atoms with Crippen molar-refractivity contribution in [2.45, 2.75) is 51.2 Å². The SMILES string of the molecule is CCc1cnc(OC2CCCN(C(=O)NC3CCOCC3)C2)nc1. The Morgan fingerprint density at radius 2 is 2.08 bits per heavy atom. The summed E-state index contributed by atoms with van der Waals surface area (Å²) in [5.41, 5.74) is 1.09. The van der Waals surface area contributed by atoms with Crippen LogP contribution in [-0.2, 0) is 11.2 Å². The molecule has 7 heteroatoms. The number of amides is 2. The maximum atomic E-state index is 12.4. The van der Waals surface area contributed by atoms with Crippen molar-refractivity contribution in [1.82, 2.24) is 20.2 Å². The number of aryl methyl sites for hydroxylation is 1. The second-order valence-electron chi connectivity index (χ2n) is 6.39. The van der Waals surface area contributed by atoms with Gasteiger partial charge >= 0.3 is 12.0 Å². The van der Waals surface area contributed by atoms with Crippen LogP contribution in [-0.4, -0.2) is 59.3 Å². The largest absolute Gasteiger partial charge is 0.458 e. The van der Waals surface area contributed by atoms with Crippen molar-refractivity contribution in [3.63, 3.8) is 0 Å². The molecule has 3 rings (SSSR count). The first kappa shape index (κ1) is 17.0. The molecule has 2 aliphatic heterocycles. The third kappa shape index (κ3) is 4.56. The number of urea groups is 1. The minimum absolute atomic E-state index is 0.00236. The van der Waals surface area contributed by atoms with Crippen molar-refractivity contribution >= 4 is 6.03 Å². The van der Waals surface area contributed by atoms with Crippen molar-refractivity contribution in [3.8, 4) is 6.01 Å². The molecule has 2 saturated heterocycles. The van der Waals surface area contributed by atoms with Gasteiger partial charge in [-0.05, 0) is 37.7 Å². The normalized spacial score (nSPS) is 22.2. The first-order valence-corrected chi connectivity index (χ1v) is 8.85. The molecule has 0 radical (unpaired) electrons. The fourth-order valence-electron chi connectivity index (χ4n) is 3.06. The first-order chi connectivity index (χ1) is 11.7. The van der Waals surface area contributed by atoms with Gasteiger partial charge in [0, 0.05) is 38.2 Å². The molecule has 3 heterocycles. The van der Waals surface area contributed by atoms with E-state index < -0.39 is 0 Å². The van der Waals surface area contributed by atoms with Gasteiger partial charge in [-0.2, -0.15) is 0 Å².